The lowest BCUT2D eigenvalue weighted by Crippen LogP contribution is -1.99. The number of para-hydroxylation sites is 1. The van der Waals surface area contributed by atoms with Crippen LogP contribution in [-0.4, -0.2) is 24.1 Å². The number of nitrogens with zero attached hydrogens (tertiary/aromatic N) is 2. The van der Waals surface area contributed by atoms with Gasteiger partial charge in [0.25, 0.3) is 0 Å². The molecule has 4 nitrogen and oxygen atoms in total. The van der Waals surface area contributed by atoms with Crippen molar-refractivity contribution in [2.75, 3.05) is 19.5 Å². The van der Waals surface area contributed by atoms with Crippen LogP contribution in [0.15, 0.2) is 30.5 Å². The van der Waals surface area contributed by atoms with E-state index in [1.165, 1.54) is 0 Å². The molecule has 0 radical (unpaired) electrons. The van der Waals surface area contributed by atoms with Crippen molar-refractivity contribution in [3.63, 3.8) is 0 Å². The zero-order valence-corrected chi connectivity index (χ0v) is 10.2. The van der Waals surface area contributed by atoms with E-state index in [4.69, 9.17) is 4.74 Å². The summed E-state index contributed by atoms with van der Waals surface area (Å²) >= 11 is 0. The fourth-order valence-corrected chi connectivity index (χ4v) is 1.67. The molecule has 0 saturated carbocycles. The fourth-order valence-electron chi connectivity index (χ4n) is 1.67. The van der Waals surface area contributed by atoms with Gasteiger partial charge in [0, 0.05) is 7.05 Å². The zero-order valence-electron chi connectivity index (χ0n) is 10.2. The SMILES string of the molecule is CNc1cnc(-c2ccccc2OC)nc1C. The van der Waals surface area contributed by atoms with Crippen LogP contribution in [-0.2, 0) is 0 Å². The summed E-state index contributed by atoms with van der Waals surface area (Å²) in [5.74, 6) is 1.46. The first kappa shape index (κ1) is 11.4. The Hall–Kier alpha value is -2.10. The van der Waals surface area contributed by atoms with Crippen LogP contribution < -0.4 is 10.1 Å². The van der Waals surface area contributed by atoms with Crippen LogP contribution in [0.25, 0.3) is 11.4 Å². The lowest BCUT2D eigenvalue weighted by atomic mass is 10.2. The van der Waals surface area contributed by atoms with E-state index in [2.05, 4.69) is 15.3 Å². The fraction of sp³-hybridized carbons (Fsp3) is 0.231. The van der Waals surface area contributed by atoms with E-state index in [0.717, 1.165) is 22.7 Å². The number of nitrogens with one attached hydrogen (secondary N) is 1. The molecule has 0 aliphatic carbocycles. The lowest BCUT2D eigenvalue weighted by Gasteiger charge is -2.09. The van der Waals surface area contributed by atoms with Gasteiger partial charge in [-0.1, -0.05) is 12.1 Å². The van der Waals surface area contributed by atoms with E-state index in [0.29, 0.717) is 5.82 Å². The van der Waals surface area contributed by atoms with Crippen LogP contribution in [0.1, 0.15) is 5.69 Å². The predicted octanol–water partition coefficient (Wildman–Crippen LogP) is 2.50. The summed E-state index contributed by atoms with van der Waals surface area (Å²) in [6.45, 7) is 1.95. The van der Waals surface area contributed by atoms with Crippen LogP contribution in [0.5, 0.6) is 5.75 Å². The zero-order chi connectivity index (χ0) is 12.3. The molecule has 1 aromatic heterocycles. The average Bonchev–Trinajstić information content (AvgIpc) is 2.38. The maximum absolute atomic E-state index is 5.30. The van der Waals surface area contributed by atoms with Crippen molar-refractivity contribution in [3.05, 3.63) is 36.2 Å². The highest BCUT2D eigenvalue weighted by molar-refractivity contribution is 5.65. The molecule has 0 fully saturated rings. The summed E-state index contributed by atoms with van der Waals surface area (Å²) in [6.07, 6.45) is 1.78. The van der Waals surface area contributed by atoms with Crippen LogP contribution in [0, 0.1) is 6.92 Å². The van der Waals surface area contributed by atoms with Gasteiger partial charge in [0.05, 0.1) is 30.3 Å². The number of anilines is 1. The molecule has 2 aromatic rings. The van der Waals surface area contributed by atoms with Gasteiger partial charge in [-0.05, 0) is 19.1 Å². The van der Waals surface area contributed by atoms with E-state index < -0.39 is 0 Å². The quantitative estimate of drug-likeness (QED) is 0.878. The Morgan fingerprint density at radius 1 is 1.24 bits per heavy atom. The molecule has 0 bridgehead atoms. The molecule has 0 unspecified atom stereocenters. The van der Waals surface area contributed by atoms with Gasteiger partial charge in [0.15, 0.2) is 5.82 Å². The lowest BCUT2D eigenvalue weighted by molar-refractivity contribution is 0.416. The number of hydrogen-bond acceptors (Lipinski definition) is 4. The van der Waals surface area contributed by atoms with Crippen molar-refractivity contribution in [3.8, 4) is 17.1 Å². The van der Waals surface area contributed by atoms with Crippen molar-refractivity contribution >= 4 is 5.69 Å². The Kier molecular flexibility index (Phi) is 3.23. The van der Waals surface area contributed by atoms with Crippen molar-refractivity contribution in [1.29, 1.82) is 0 Å². The monoisotopic (exact) mass is 229 g/mol. The van der Waals surface area contributed by atoms with E-state index >= 15 is 0 Å². The molecule has 0 spiro atoms. The molecule has 0 aliphatic rings. The van der Waals surface area contributed by atoms with Crippen LogP contribution in [0.3, 0.4) is 0 Å². The van der Waals surface area contributed by atoms with Crippen molar-refractivity contribution in [2.24, 2.45) is 0 Å². The third-order valence-corrected chi connectivity index (χ3v) is 2.60. The Balaban J connectivity index is 2.49. The van der Waals surface area contributed by atoms with Gasteiger partial charge in [0.2, 0.25) is 0 Å². The summed E-state index contributed by atoms with van der Waals surface area (Å²) < 4.78 is 5.30. The maximum atomic E-state index is 5.30. The van der Waals surface area contributed by atoms with E-state index in [1.54, 1.807) is 13.3 Å². The van der Waals surface area contributed by atoms with Crippen LogP contribution in [0.2, 0.25) is 0 Å². The van der Waals surface area contributed by atoms with Gasteiger partial charge in [-0.25, -0.2) is 9.97 Å². The Morgan fingerprint density at radius 2 is 2.00 bits per heavy atom. The smallest absolute Gasteiger partial charge is 0.163 e. The number of ether oxygens (including phenoxy) is 1. The molecule has 1 aromatic carbocycles. The Labute approximate surface area is 101 Å². The summed E-state index contributed by atoms with van der Waals surface area (Å²) in [6, 6.07) is 7.73. The first-order valence-corrected chi connectivity index (χ1v) is 5.41. The van der Waals surface area contributed by atoms with E-state index in [1.807, 2.05) is 38.2 Å². The van der Waals surface area contributed by atoms with Gasteiger partial charge < -0.3 is 10.1 Å². The molecule has 0 atom stereocenters. The molecular weight excluding hydrogens is 214 g/mol. The summed E-state index contributed by atoms with van der Waals surface area (Å²) in [7, 11) is 3.50. The second-order valence-electron chi connectivity index (χ2n) is 3.64. The van der Waals surface area contributed by atoms with Gasteiger partial charge in [-0.2, -0.15) is 0 Å². The van der Waals surface area contributed by atoms with Crippen LogP contribution >= 0.6 is 0 Å². The van der Waals surface area contributed by atoms with Gasteiger partial charge in [0.1, 0.15) is 5.75 Å². The highest BCUT2D eigenvalue weighted by atomic mass is 16.5. The minimum absolute atomic E-state index is 0.680. The highest BCUT2D eigenvalue weighted by Crippen LogP contribution is 2.27. The molecule has 2 rings (SSSR count). The molecule has 17 heavy (non-hydrogen) atoms. The number of benzene rings is 1. The molecule has 0 amide bonds. The molecule has 1 heterocycles. The van der Waals surface area contributed by atoms with Gasteiger partial charge >= 0.3 is 0 Å². The van der Waals surface area contributed by atoms with E-state index in [9.17, 15) is 0 Å². The number of aromatic nitrogens is 2. The standard InChI is InChI=1S/C13H15N3O/c1-9-11(14-2)8-15-13(16-9)10-6-4-5-7-12(10)17-3/h4-8,14H,1-3H3. The maximum Gasteiger partial charge on any atom is 0.163 e. The minimum atomic E-state index is 0.680. The third-order valence-electron chi connectivity index (χ3n) is 2.60. The predicted molar refractivity (Wildman–Crippen MR) is 68.3 cm³/mol. The molecule has 88 valence electrons. The largest absolute Gasteiger partial charge is 0.496 e. The average molecular weight is 229 g/mol. The molecular formula is C13H15N3O. The molecule has 4 heteroatoms. The van der Waals surface area contributed by atoms with Crippen molar-refractivity contribution in [1.82, 2.24) is 9.97 Å². The number of hydrogen-bond donors (Lipinski definition) is 1. The van der Waals surface area contributed by atoms with Crippen molar-refractivity contribution < 1.29 is 4.74 Å². The second kappa shape index (κ2) is 4.82. The summed E-state index contributed by atoms with van der Waals surface area (Å²) in [5.41, 5.74) is 2.76. The molecule has 1 N–H and O–H groups in total. The number of aryl methyl sites for hydroxylation is 1. The normalized spacial score (nSPS) is 10.1. The topological polar surface area (TPSA) is 47.0 Å². The van der Waals surface area contributed by atoms with E-state index in [-0.39, 0.29) is 0 Å². The van der Waals surface area contributed by atoms with Gasteiger partial charge in [-0.3, -0.25) is 0 Å². The minimum Gasteiger partial charge on any atom is -0.496 e. The third kappa shape index (κ3) is 2.20. The summed E-state index contributed by atoms with van der Waals surface area (Å²) in [5, 5.41) is 3.05. The second-order valence-corrected chi connectivity index (χ2v) is 3.64. The first-order valence-electron chi connectivity index (χ1n) is 5.41. The van der Waals surface area contributed by atoms with Gasteiger partial charge in [-0.15, -0.1) is 0 Å². The highest BCUT2D eigenvalue weighted by Gasteiger charge is 2.09. The molecule has 0 saturated heterocycles. The summed E-state index contributed by atoms with van der Waals surface area (Å²) in [4.78, 5) is 8.80. The Bertz CT molecular complexity index is 526. The molecule has 0 aliphatic heterocycles. The van der Waals surface area contributed by atoms with Crippen molar-refractivity contribution in [2.45, 2.75) is 6.92 Å². The first-order chi connectivity index (χ1) is 8.26. The van der Waals surface area contributed by atoms with Crippen LogP contribution in [0.4, 0.5) is 5.69 Å². The number of rotatable bonds is 3. The Morgan fingerprint density at radius 3 is 2.65 bits per heavy atom. The number of methoxy groups -OCH3 is 1.